The Morgan fingerprint density at radius 3 is 2.62 bits per heavy atom. The van der Waals surface area contributed by atoms with Gasteiger partial charge in [-0.05, 0) is 30.7 Å². The van der Waals surface area contributed by atoms with E-state index in [0.717, 1.165) is 11.1 Å². The number of nitrogen functional groups attached to an aromatic ring is 1. The fourth-order valence-corrected chi connectivity index (χ4v) is 2.96. The Labute approximate surface area is 149 Å². The molecular weight excluding hydrogens is 330 g/mol. The molecule has 0 aliphatic heterocycles. The molecular formula is C19H17N5O2. The molecule has 0 aliphatic carbocycles. The van der Waals surface area contributed by atoms with Crippen LogP contribution in [0.3, 0.4) is 0 Å². The number of hydrogen-bond donors (Lipinski definition) is 1. The van der Waals surface area contributed by atoms with Gasteiger partial charge in [0, 0.05) is 12.4 Å². The van der Waals surface area contributed by atoms with Crippen molar-refractivity contribution >= 4 is 34.0 Å². The lowest BCUT2D eigenvalue weighted by atomic mass is 10.2. The molecule has 7 heteroatoms. The maximum Gasteiger partial charge on any atom is 0.344 e. The van der Waals surface area contributed by atoms with Crippen LogP contribution in [0, 0.1) is 0 Å². The van der Waals surface area contributed by atoms with Crippen molar-refractivity contribution in [2.45, 2.75) is 13.5 Å². The van der Waals surface area contributed by atoms with Crippen LogP contribution in [-0.2, 0) is 11.3 Å². The number of fused-ring (bicyclic) bond motifs is 2. The van der Waals surface area contributed by atoms with E-state index in [1.54, 1.807) is 23.9 Å². The molecule has 26 heavy (non-hydrogen) atoms. The number of rotatable bonds is 4. The molecule has 0 bridgehead atoms. The van der Waals surface area contributed by atoms with E-state index in [9.17, 15) is 4.79 Å². The Hall–Kier alpha value is -3.48. The lowest BCUT2D eigenvalue weighted by Gasteiger charge is -2.07. The Kier molecular flexibility index (Phi) is 3.96. The molecule has 0 atom stereocenters. The predicted octanol–water partition coefficient (Wildman–Crippen LogP) is 2.79. The van der Waals surface area contributed by atoms with Crippen LogP contribution in [0.4, 0.5) is 5.82 Å². The van der Waals surface area contributed by atoms with Crippen molar-refractivity contribution in [3.8, 4) is 0 Å². The monoisotopic (exact) mass is 347 g/mol. The van der Waals surface area contributed by atoms with Gasteiger partial charge in [-0.25, -0.2) is 14.8 Å². The molecule has 0 unspecified atom stereocenters. The van der Waals surface area contributed by atoms with Crippen molar-refractivity contribution < 1.29 is 9.53 Å². The Balaban J connectivity index is 1.98. The minimum Gasteiger partial charge on any atom is -0.462 e. The minimum absolute atomic E-state index is 0.254. The summed E-state index contributed by atoms with van der Waals surface area (Å²) in [4.78, 5) is 25.9. The average molecular weight is 347 g/mol. The number of benzene rings is 1. The third-order valence-electron chi connectivity index (χ3n) is 4.13. The van der Waals surface area contributed by atoms with E-state index in [1.807, 2.05) is 36.4 Å². The van der Waals surface area contributed by atoms with E-state index >= 15 is 0 Å². The van der Waals surface area contributed by atoms with E-state index in [1.165, 1.54) is 0 Å². The molecule has 3 aromatic heterocycles. The predicted molar refractivity (Wildman–Crippen MR) is 98.7 cm³/mol. The zero-order valence-electron chi connectivity index (χ0n) is 14.2. The van der Waals surface area contributed by atoms with Crippen LogP contribution in [0.5, 0.6) is 0 Å². The summed E-state index contributed by atoms with van der Waals surface area (Å²) in [5, 5.41) is 0. The molecule has 3 heterocycles. The van der Waals surface area contributed by atoms with Crippen molar-refractivity contribution in [1.82, 2.24) is 19.5 Å². The lowest BCUT2D eigenvalue weighted by Crippen LogP contribution is -2.10. The largest absolute Gasteiger partial charge is 0.462 e. The van der Waals surface area contributed by atoms with Gasteiger partial charge in [0.25, 0.3) is 0 Å². The second kappa shape index (κ2) is 6.44. The second-order valence-corrected chi connectivity index (χ2v) is 5.81. The Bertz CT molecular complexity index is 1110. The van der Waals surface area contributed by atoms with Gasteiger partial charge in [-0.15, -0.1) is 0 Å². The van der Waals surface area contributed by atoms with Gasteiger partial charge in [0.15, 0.2) is 5.65 Å². The van der Waals surface area contributed by atoms with Crippen LogP contribution < -0.4 is 5.73 Å². The first-order valence-corrected chi connectivity index (χ1v) is 8.29. The van der Waals surface area contributed by atoms with Crippen LogP contribution in [0.15, 0.2) is 48.8 Å². The number of pyridine rings is 1. The number of nitrogens with zero attached hydrogens (tertiary/aromatic N) is 4. The molecule has 0 radical (unpaired) electrons. The Morgan fingerprint density at radius 2 is 1.92 bits per heavy atom. The second-order valence-electron chi connectivity index (χ2n) is 5.81. The summed E-state index contributed by atoms with van der Waals surface area (Å²) in [5.41, 5.74) is 9.95. The highest BCUT2D eigenvalue weighted by Crippen LogP contribution is 2.29. The van der Waals surface area contributed by atoms with Gasteiger partial charge < -0.3 is 15.0 Å². The summed E-state index contributed by atoms with van der Waals surface area (Å²) < 4.78 is 6.96. The number of aromatic nitrogens is 4. The van der Waals surface area contributed by atoms with Crippen molar-refractivity contribution in [2.75, 3.05) is 12.3 Å². The number of ether oxygens (including phenoxy) is 1. The third-order valence-corrected chi connectivity index (χ3v) is 4.13. The third kappa shape index (κ3) is 2.63. The van der Waals surface area contributed by atoms with Crippen molar-refractivity contribution in [2.24, 2.45) is 0 Å². The normalized spacial score (nSPS) is 11.1. The fourth-order valence-electron chi connectivity index (χ4n) is 2.96. The van der Waals surface area contributed by atoms with Gasteiger partial charge in [0.05, 0.1) is 24.2 Å². The number of hydrogen-bond acceptors (Lipinski definition) is 6. The summed E-state index contributed by atoms with van der Waals surface area (Å²) in [6.45, 7) is 2.45. The van der Waals surface area contributed by atoms with E-state index < -0.39 is 5.97 Å². The minimum atomic E-state index is -0.496. The standard InChI is InChI=1S/C19H17N5O2/c1-2-26-19(25)15-16-18(23-14-8-4-3-7-13(14)22-16)24(17(15)20)11-12-6-5-9-21-10-12/h3-10H,2,11,20H2,1H3. The van der Waals surface area contributed by atoms with Gasteiger partial charge in [-0.1, -0.05) is 18.2 Å². The maximum atomic E-state index is 12.5. The number of esters is 1. The molecule has 0 saturated heterocycles. The van der Waals surface area contributed by atoms with Gasteiger partial charge in [0.1, 0.15) is 16.9 Å². The quantitative estimate of drug-likeness (QED) is 0.570. The summed E-state index contributed by atoms with van der Waals surface area (Å²) in [5.74, 6) is -0.206. The van der Waals surface area contributed by atoms with E-state index in [0.29, 0.717) is 23.2 Å². The maximum absolute atomic E-state index is 12.5. The number of carbonyl (C=O) groups is 1. The van der Waals surface area contributed by atoms with E-state index in [4.69, 9.17) is 15.5 Å². The molecule has 2 N–H and O–H groups in total. The summed E-state index contributed by atoms with van der Waals surface area (Å²) in [6, 6.07) is 11.3. The smallest absolute Gasteiger partial charge is 0.344 e. The number of carbonyl (C=O) groups excluding carboxylic acids is 1. The van der Waals surface area contributed by atoms with Crippen molar-refractivity contribution in [3.63, 3.8) is 0 Å². The fraction of sp³-hybridized carbons (Fsp3) is 0.158. The molecule has 7 nitrogen and oxygen atoms in total. The average Bonchev–Trinajstić information content (AvgIpc) is 2.92. The molecule has 0 spiro atoms. The highest BCUT2D eigenvalue weighted by Gasteiger charge is 2.25. The SMILES string of the molecule is CCOC(=O)c1c(N)n(Cc2cccnc2)c2nc3ccccc3nc12. The van der Waals surface area contributed by atoms with E-state index in [-0.39, 0.29) is 18.0 Å². The van der Waals surface area contributed by atoms with Gasteiger partial charge in [0.2, 0.25) is 0 Å². The van der Waals surface area contributed by atoms with Crippen LogP contribution in [0.2, 0.25) is 0 Å². The first-order valence-electron chi connectivity index (χ1n) is 8.29. The molecule has 4 rings (SSSR count). The van der Waals surface area contributed by atoms with Gasteiger partial charge in [-0.2, -0.15) is 0 Å². The number of anilines is 1. The molecule has 0 fully saturated rings. The summed E-state index contributed by atoms with van der Waals surface area (Å²) >= 11 is 0. The van der Waals surface area contributed by atoms with Crippen molar-refractivity contribution in [1.29, 1.82) is 0 Å². The molecule has 4 aromatic rings. The zero-order valence-corrected chi connectivity index (χ0v) is 14.2. The molecule has 0 amide bonds. The van der Waals surface area contributed by atoms with Crippen LogP contribution in [0.25, 0.3) is 22.2 Å². The molecule has 0 aliphatic rings. The van der Waals surface area contributed by atoms with Crippen LogP contribution in [0.1, 0.15) is 22.8 Å². The molecule has 130 valence electrons. The zero-order chi connectivity index (χ0) is 18.1. The molecule has 0 saturated carbocycles. The highest BCUT2D eigenvalue weighted by molar-refractivity contribution is 6.08. The summed E-state index contributed by atoms with van der Waals surface area (Å²) in [6.07, 6.45) is 3.46. The highest BCUT2D eigenvalue weighted by atomic mass is 16.5. The Morgan fingerprint density at radius 1 is 1.15 bits per heavy atom. The number of para-hydroxylation sites is 2. The van der Waals surface area contributed by atoms with E-state index in [2.05, 4.69) is 9.97 Å². The van der Waals surface area contributed by atoms with Gasteiger partial charge >= 0.3 is 5.97 Å². The lowest BCUT2D eigenvalue weighted by molar-refractivity contribution is 0.0529. The van der Waals surface area contributed by atoms with Crippen molar-refractivity contribution in [3.05, 3.63) is 59.9 Å². The van der Waals surface area contributed by atoms with Crippen LogP contribution >= 0.6 is 0 Å². The topological polar surface area (TPSA) is 95.9 Å². The first-order chi connectivity index (χ1) is 12.7. The van der Waals surface area contributed by atoms with Crippen LogP contribution in [-0.4, -0.2) is 32.1 Å². The first kappa shape index (κ1) is 16.0. The molecule has 1 aromatic carbocycles. The summed E-state index contributed by atoms with van der Waals surface area (Å²) in [7, 11) is 0. The number of nitrogens with two attached hydrogens (primary N) is 1. The van der Waals surface area contributed by atoms with Gasteiger partial charge in [-0.3, -0.25) is 4.98 Å².